The van der Waals surface area contributed by atoms with Crippen LogP contribution in [-0.4, -0.2) is 26.5 Å². The van der Waals surface area contributed by atoms with Crippen molar-refractivity contribution in [1.82, 2.24) is 9.13 Å². The zero-order valence-corrected chi connectivity index (χ0v) is 12.3. The number of hydrogen-bond donors (Lipinski definition) is 2. The third kappa shape index (κ3) is 1.81. The van der Waals surface area contributed by atoms with Gasteiger partial charge in [-0.3, -0.25) is 4.57 Å². The van der Waals surface area contributed by atoms with Gasteiger partial charge >= 0.3 is 5.69 Å². The van der Waals surface area contributed by atoms with Gasteiger partial charge in [-0.2, -0.15) is 5.26 Å². The van der Waals surface area contributed by atoms with Crippen LogP contribution < -0.4 is 10.4 Å². The molecule has 8 heteroatoms. The van der Waals surface area contributed by atoms with Crippen LogP contribution in [0.4, 0.5) is 0 Å². The molecule has 114 valence electrons. The molecule has 1 aromatic carbocycles. The summed E-state index contributed by atoms with van der Waals surface area (Å²) >= 11 is 6.21. The van der Waals surface area contributed by atoms with Crippen LogP contribution in [0.15, 0.2) is 16.9 Å². The number of rotatable bonds is 2. The number of aromatic nitrogens is 2. The third-order valence-corrected chi connectivity index (χ3v) is 4.10. The summed E-state index contributed by atoms with van der Waals surface area (Å²) in [5.41, 5.74) is 0.0757. The minimum atomic E-state index is -0.895. The van der Waals surface area contributed by atoms with Crippen molar-refractivity contribution in [3.8, 4) is 23.4 Å². The highest BCUT2D eigenvalue weighted by atomic mass is 35.5. The van der Waals surface area contributed by atoms with E-state index < -0.39 is 11.8 Å². The van der Waals surface area contributed by atoms with Crippen LogP contribution in [0.2, 0.25) is 5.02 Å². The predicted molar refractivity (Wildman–Crippen MR) is 77.5 cm³/mol. The van der Waals surface area contributed by atoms with E-state index in [4.69, 9.17) is 21.6 Å². The van der Waals surface area contributed by atoms with Crippen LogP contribution in [0, 0.1) is 11.3 Å². The Bertz CT molecular complexity index is 862. The van der Waals surface area contributed by atoms with Crippen LogP contribution in [0.3, 0.4) is 0 Å². The Balaban J connectivity index is 2.29. The zero-order chi connectivity index (χ0) is 16.0. The van der Waals surface area contributed by atoms with Crippen LogP contribution >= 0.6 is 11.6 Å². The number of imidazole rings is 1. The predicted octanol–water partition coefficient (Wildman–Crippen LogP) is 1.32. The molecule has 0 spiro atoms. The number of aliphatic hydroxyl groups is 1. The number of nitrogens with zero attached hydrogens (tertiary/aromatic N) is 3. The van der Waals surface area contributed by atoms with Gasteiger partial charge in [0, 0.05) is 6.54 Å². The molecule has 3 rings (SSSR count). The number of benzene rings is 1. The van der Waals surface area contributed by atoms with Crippen molar-refractivity contribution in [1.29, 1.82) is 5.26 Å². The molecule has 2 aromatic rings. The zero-order valence-electron chi connectivity index (χ0n) is 11.6. The van der Waals surface area contributed by atoms with E-state index in [0.29, 0.717) is 13.0 Å². The van der Waals surface area contributed by atoms with Gasteiger partial charge in [-0.1, -0.05) is 11.6 Å². The monoisotopic (exact) mass is 321 g/mol. The highest BCUT2D eigenvalue weighted by Crippen LogP contribution is 2.38. The molecular weight excluding hydrogens is 310 g/mol. The highest BCUT2D eigenvalue weighted by Gasteiger charge is 2.31. The summed E-state index contributed by atoms with van der Waals surface area (Å²) in [4.78, 5) is 12.4. The normalized spacial score (nSPS) is 16.4. The second-order valence-electron chi connectivity index (χ2n) is 4.87. The van der Waals surface area contributed by atoms with E-state index in [1.807, 2.05) is 6.07 Å². The fourth-order valence-electron chi connectivity index (χ4n) is 2.71. The van der Waals surface area contributed by atoms with E-state index in [1.54, 1.807) is 0 Å². The molecule has 0 saturated carbocycles. The van der Waals surface area contributed by atoms with Crippen molar-refractivity contribution >= 4 is 11.6 Å². The van der Waals surface area contributed by atoms with E-state index in [1.165, 1.54) is 23.8 Å². The molecule has 0 fully saturated rings. The van der Waals surface area contributed by atoms with E-state index in [9.17, 15) is 15.0 Å². The van der Waals surface area contributed by atoms with Gasteiger partial charge in [0.05, 0.1) is 18.4 Å². The molecule has 1 aromatic heterocycles. The summed E-state index contributed by atoms with van der Waals surface area (Å²) in [5, 5.41) is 29.2. The molecule has 0 bridgehead atoms. The molecule has 7 nitrogen and oxygen atoms in total. The highest BCUT2D eigenvalue weighted by molar-refractivity contribution is 6.34. The summed E-state index contributed by atoms with van der Waals surface area (Å²) in [6.45, 7) is 0.320. The van der Waals surface area contributed by atoms with Crippen molar-refractivity contribution in [3.63, 3.8) is 0 Å². The lowest BCUT2D eigenvalue weighted by Gasteiger charge is -2.11. The molecule has 2 N–H and O–H groups in total. The van der Waals surface area contributed by atoms with E-state index >= 15 is 0 Å². The average molecular weight is 322 g/mol. The molecule has 1 atom stereocenters. The van der Waals surface area contributed by atoms with Gasteiger partial charge in [0.1, 0.15) is 22.9 Å². The number of methoxy groups -OCH3 is 1. The third-order valence-electron chi connectivity index (χ3n) is 3.74. The largest absolute Gasteiger partial charge is 0.494 e. The van der Waals surface area contributed by atoms with Crippen molar-refractivity contribution in [2.75, 3.05) is 7.11 Å². The fraction of sp³-hybridized carbons (Fsp3) is 0.286. The molecular formula is C14H12ClN3O4. The second-order valence-corrected chi connectivity index (χ2v) is 5.25. The number of aromatic hydroxyl groups is 1. The van der Waals surface area contributed by atoms with Crippen LogP contribution in [-0.2, 0) is 6.54 Å². The van der Waals surface area contributed by atoms with E-state index in [2.05, 4.69) is 0 Å². The first-order valence-electron chi connectivity index (χ1n) is 6.50. The number of halogens is 1. The van der Waals surface area contributed by atoms with Crippen molar-refractivity contribution in [3.05, 3.63) is 38.9 Å². The molecule has 1 aliphatic rings. The Hall–Kier alpha value is -2.43. The SMILES string of the molecule is COc1c(C#N)ccc(-n2c(O)c3n(c2=O)CC[C@H]3O)c1Cl. The van der Waals surface area contributed by atoms with Gasteiger partial charge < -0.3 is 14.9 Å². The topological polar surface area (TPSA) is 100 Å². The number of ether oxygens (including phenoxy) is 1. The fourth-order valence-corrected chi connectivity index (χ4v) is 3.03. The Morgan fingerprint density at radius 2 is 2.23 bits per heavy atom. The first kappa shape index (κ1) is 14.5. The van der Waals surface area contributed by atoms with Gasteiger partial charge in [0.25, 0.3) is 0 Å². The lowest BCUT2D eigenvalue weighted by atomic mass is 10.2. The van der Waals surface area contributed by atoms with Crippen LogP contribution in [0.1, 0.15) is 23.8 Å². The van der Waals surface area contributed by atoms with Crippen molar-refractivity contribution < 1.29 is 14.9 Å². The minimum Gasteiger partial charge on any atom is -0.494 e. The Kier molecular flexibility index (Phi) is 3.35. The molecule has 0 radical (unpaired) electrons. The number of aliphatic hydroxyl groups excluding tert-OH is 1. The number of hydrogen-bond acceptors (Lipinski definition) is 5. The van der Waals surface area contributed by atoms with Gasteiger partial charge in [0.2, 0.25) is 5.88 Å². The van der Waals surface area contributed by atoms with Crippen LogP contribution in [0.5, 0.6) is 11.6 Å². The maximum Gasteiger partial charge on any atom is 0.336 e. The Morgan fingerprint density at radius 1 is 1.50 bits per heavy atom. The lowest BCUT2D eigenvalue weighted by molar-refractivity contribution is 0.175. The second kappa shape index (κ2) is 5.09. The minimum absolute atomic E-state index is 0.0395. The standard InChI is InChI=1S/C14H12ClN3O4/c1-22-12-7(6-16)2-3-8(10(12)15)18-13(20)11-9(19)4-5-17(11)14(18)21/h2-3,9,19-20H,4-5H2,1H3/t9-/m1/s1. The van der Waals surface area contributed by atoms with Crippen molar-refractivity contribution in [2.45, 2.75) is 19.1 Å². The van der Waals surface area contributed by atoms with Gasteiger partial charge in [-0.15, -0.1) is 0 Å². The summed E-state index contributed by atoms with van der Waals surface area (Å²) in [5.74, 6) is -0.233. The lowest BCUT2D eigenvalue weighted by Crippen LogP contribution is -2.22. The summed E-state index contributed by atoms with van der Waals surface area (Å²) < 4.78 is 7.41. The van der Waals surface area contributed by atoms with Crippen LogP contribution in [0.25, 0.3) is 5.69 Å². The molecule has 1 aliphatic heterocycles. The first-order valence-corrected chi connectivity index (χ1v) is 6.88. The summed E-state index contributed by atoms with van der Waals surface area (Å²) in [6.07, 6.45) is -0.517. The Labute approximate surface area is 130 Å². The molecule has 0 saturated heterocycles. The quantitative estimate of drug-likeness (QED) is 0.868. The molecule has 0 unspecified atom stereocenters. The maximum absolute atomic E-state index is 12.4. The summed E-state index contributed by atoms with van der Waals surface area (Å²) in [6, 6.07) is 4.84. The summed E-state index contributed by atoms with van der Waals surface area (Å²) in [7, 11) is 1.36. The molecule has 2 heterocycles. The van der Waals surface area contributed by atoms with E-state index in [-0.39, 0.29) is 33.6 Å². The van der Waals surface area contributed by atoms with E-state index in [0.717, 1.165) is 4.57 Å². The number of fused-ring (bicyclic) bond motifs is 1. The smallest absolute Gasteiger partial charge is 0.336 e. The molecule has 0 aliphatic carbocycles. The van der Waals surface area contributed by atoms with Gasteiger partial charge in [-0.05, 0) is 18.6 Å². The molecule has 0 amide bonds. The number of nitriles is 1. The van der Waals surface area contributed by atoms with Gasteiger partial charge in [-0.25, -0.2) is 9.36 Å². The first-order chi connectivity index (χ1) is 10.5. The maximum atomic E-state index is 12.4. The van der Waals surface area contributed by atoms with Gasteiger partial charge in [0.15, 0.2) is 5.75 Å². The average Bonchev–Trinajstić information content (AvgIpc) is 3.00. The van der Waals surface area contributed by atoms with Crippen molar-refractivity contribution in [2.24, 2.45) is 0 Å². The molecule has 22 heavy (non-hydrogen) atoms. The Morgan fingerprint density at radius 3 is 2.82 bits per heavy atom.